The van der Waals surface area contributed by atoms with Crippen LogP contribution in [0.3, 0.4) is 0 Å². The zero-order valence-electron chi connectivity index (χ0n) is 31.9. The first-order valence-corrected chi connectivity index (χ1v) is 16.0. The summed E-state index contributed by atoms with van der Waals surface area (Å²) in [5.74, 6) is 13.3. The van der Waals surface area contributed by atoms with Crippen molar-refractivity contribution in [3.8, 4) is 23.7 Å². The summed E-state index contributed by atoms with van der Waals surface area (Å²) >= 11 is 0. The maximum Gasteiger partial charge on any atom is 2.00 e. The Bertz CT molecular complexity index is 1880. The molecule has 0 aliphatic heterocycles. The summed E-state index contributed by atoms with van der Waals surface area (Å²) in [6.07, 6.45) is 0. The minimum absolute atomic E-state index is 0. The van der Waals surface area contributed by atoms with Crippen LogP contribution in [0.15, 0.2) is 24.3 Å². The molecule has 0 saturated carbocycles. The summed E-state index contributed by atoms with van der Waals surface area (Å²) < 4.78 is 9.51. The first-order chi connectivity index (χ1) is 22.3. The molecule has 0 aliphatic rings. The third kappa shape index (κ3) is 9.75. The summed E-state index contributed by atoms with van der Waals surface area (Å²) in [6, 6.07) is 3.45. The Morgan fingerprint density at radius 1 is 0.551 bits per heavy atom. The smallest absolute Gasteiger partial charge is 0.637 e. The second-order valence-corrected chi connectivity index (χ2v) is 12.7. The summed E-state index contributed by atoms with van der Waals surface area (Å²) in [4.78, 5) is 22.1. The maximum absolute atomic E-state index is 12.0. The molecule has 0 amide bonds. The van der Waals surface area contributed by atoms with Gasteiger partial charge in [-0.25, -0.2) is 9.59 Å². The predicted octanol–water partition coefficient (Wildman–Crippen LogP) is 9.50. The van der Waals surface area contributed by atoms with Gasteiger partial charge in [-0.2, -0.15) is 24.3 Å². The summed E-state index contributed by atoms with van der Waals surface area (Å²) in [5, 5.41) is 0. The number of aryl methyl sites for hydroxylation is 2. The van der Waals surface area contributed by atoms with Gasteiger partial charge in [0.15, 0.2) is 0 Å². The zero-order valence-corrected chi connectivity index (χ0v) is 34.8. The molecule has 0 aliphatic carbocycles. The van der Waals surface area contributed by atoms with E-state index in [0.717, 1.165) is 61.2 Å². The first-order valence-electron chi connectivity index (χ1n) is 16.0. The second kappa shape index (κ2) is 18.0. The average Bonchev–Trinajstić information content (AvgIpc) is 3.04. The van der Waals surface area contributed by atoms with Crippen molar-refractivity contribution in [2.45, 2.75) is 104 Å². The van der Waals surface area contributed by atoms with Gasteiger partial charge in [0.25, 0.3) is 0 Å². The van der Waals surface area contributed by atoms with Crippen LogP contribution in [0.1, 0.15) is 108 Å². The second-order valence-electron chi connectivity index (χ2n) is 12.7. The molecule has 0 unspecified atom stereocenters. The quantitative estimate of drug-likeness (QED) is 0.114. The van der Waals surface area contributed by atoms with Gasteiger partial charge in [0.1, 0.15) is 6.61 Å². The van der Waals surface area contributed by atoms with E-state index in [9.17, 15) is 9.59 Å². The van der Waals surface area contributed by atoms with Crippen LogP contribution >= 0.6 is 0 Å². The van der Waals surface area contributed by atoms with Crippen LogP contribution in [0.25, 0.3) is 0 Å². The van der Waals surface area contributed by atoms with Gasteiger partial charge in [0, 0.05) is 27.8 Å². The predicted molar refractivity (Wildman–Crippen MR) is 198 cm³/mol. The number of carbonyl (C=O) groups is 2. The molecule has 0 fully saturated rings. The van der Waals surface area contributed by atoms with Crippen molar-refractivity contribution in [3.05, 3.63) is 132 Å². The van der Waals surface area contributed by atoms with Crippen LogP contribution in [0, 0.1) is 120 Å². The number of hydrogen-bond donors (Lipinski definition) is 0. The van der Waals surface area contributed by atoms with E-state index in [1.165, 1.54) is 33.4 Å². The summed E-state index contributed by atoms with van der Waals surface area (Å²) in [6.45, 7) is 35.9. The van der Waals surface area contributed by atoms with Gasteiger partial charge in [0.2, 0.25) is 0 Å². The Morgan fingerprint density at radius 3 is 1.10 bits per heavy atom. The molecule has 3 aromatic carbocycles. The van der Waals surface area contributed by atoms with Gasteiger partial charge in [-0.15, -0.1) is 11.1 Å². The van der Waals surface area contributed by atoms with E-state index < -0.39 is 5.97 Å². The molecule has 5 heteroatoms. The molecule has 4 nitrogen and oxygen atoms in total. The van der Waals surface area contributed by atoms with E-state index in [-0.39, 0.29) is 33.6 Å². The van der Waals surface area contributed by atoms with E-state index in [2.05, 4.69) is 138 Å². The SMILES string of the molecule is C=C(C)C(=O)OCc1c(C)c(C)c(C#Cc2c(C)c(C)c(C#Cc3c(C)c(C)[c-]c(C)c3C)c(C)c2C)c(C)c1C.C=C(C)C(=O)O[CH2-].[W+2]. The third-order valence-electron chi connectivity index (χ3n) is 9.46. The molecule has 49 heavy (non-hydrogen) atoms. The molecule has 0 spiro atoms. The van der Waals surface area contributed by atoms with Crippen LogP contribution in [-0.4, -0.2) is 11.9 Å². The van der Waals surface area contributed by atoms with Gasteiger partial charge >= 0.3 is 33.0 Å². The summed E-state index contributed by atoms with van der Waals surface area (Å²) in [7, 11) is 2.90. The Balaban J connectivity index is 0.00000135. The van der Waals surface area contributed by atoms with E-state index >= 15 is 0 Å². The van der Waals surface area contributed by atoms with E-state index in [1.54, 1.807) is 13.8 Å². The number of ether oxygens (including phenoxy) is 2. The molecule has 0 saturated heterocycles. The van der Waals surface area contributed by atoms with Crippen molar-refractivity contribution in [2.24, 2.45) is 0 Å². The number of hydrogen-bond acceptors (Lipinski definition) is 4. The molecule has 0 aromatic heterocycles. The minimum Gasteiger partial charge on any atom is -0.637 e. The molecule has 0 N–H and O–H groups in total. The molecule has 0 bridgehead atoms. The molecular formula is C44H50O4W. The topological polar surface area (TPSA) is 52.6 Å². The van der Waals surface area contributed by atoms with Gasteiger partial charge in [0.05, 0.1) is 0 Å². The number of carbonyl (C=O) groups excluding carboxylic acids is 2. The van der Waals surface area contributed by atoms with Gasteiger partial charge in [-0.1, -0.05) is 70.1 Å². The monoisotopic (exact) mass is 826 g/mol. The number of esters is 2. The summed E-state index contributed by atoms with van der Waals surface area (Å²) in [5.41, 5.74) is 19.9. The van der Waals surface area contributed by atoms with E-state index in [1.807, 2.05) is 0 Å². The zero-order chi connectivity index (χ0) is 36.8. The van der Waals surface area contributed by atoms with Crippen molar-refractivity contribution >= 4 is 11.9 Å². The average molecular weight is 827 g/mol. The maximum atomic E-state index is 12.0. The van der Waals surface area contributed by atoms with Crippen molar-refractivity contribution in [1.82, 2.24) is 0 Å². The van der Waals surface area contributed by atoms with Crippen molar-refractivity contribution in [2.75, 3.05) is 0 Å². The molecule has 256 valence electrons. The van der Waals surface area contributed by atoms with Crippen LogP contribution in [0.5, 0.6) is 0 Å². The van der Waals surface area contributed by atoms with Gasteiger partial charge in [-0.05, 0) is 119 Å². The Kier molecular flexibility index (Phi) is 15.8. The molecule has 3 aromatic rings. The molecule has 3 rings (SSSR count). The Morgan fingerprint density at radius 2 is 0.837 bits per heavy atom. The van der Waals surface area contributed by atoms with Crippen LogP contribution in [0.4, 0.5) is 0 Å². The van der Waals surface area contributed by atoms with Gasteiger partial charge < -0.3 is 9.47 Å². The van der Waals surface area contributed by atoms with Crippen molar-refractivity contribution < 1.29 is 40.1 Å². The largest absolute Gasteiger partial charge is 2.00 e. The fraction of sp³-hybridized carbons (Fsp3) is 0.341. The molecule has 0 radical (unpaired) electrons. The van der Waals surface area contributed by atoms with E-state index in [4.69, 9.17) is 4.74 Å². The molecule has 0 heterocycles. The fourth-order valence-corrected chi connectivity index (χ4v) is 5.43. The first kappa shape index (κ1) is 42.9. The van der Waals surface area contributed by atoms with Gasteiger partial charge in [-0.3, -0.25) is 0 Å². The Hall–Kier alpha value is -4.11. The Labute approximate surface area is 310 Å². The minimum atomic E-state index is -0.458. The van der Waals surface area contributed by atoms with Crippen LogP contribution < -0.4 is 0 Å². The molecular weight excluding hydrogens is 776 g/mol. The third-order valence-corrected chi connectivity index (χ3v) is 9.46. The molecule has 0 atom stereocenters. The van der Waals surface area contributed by atoms with Crippen molar-refractivity contribution in [1.29, 1.82) is 0 Å². The van der Waals surface area contributed by atoms with Crippen molar-refractivity contribution in [3.63, 3.8) is 0 Å². The number of benzene rings is 3. The van der Waals surface area contributed by atoms with Crippen LogP contribution in [-0.2, 0) is 46.7 Å². The fourth-order valence-electron chi connectivity index (χ4n) is 5.43. The number of rotatable bonds is 4. The van der Waals surface area contributed by atoms with Crippen LogP contribution in [0.2, 0.25) is 0 Å². The van der Waals surface area contributed by atoms with E-state index in [0.29, 0.717) is 11.1 Å². The standard InChI is InChI=1S/C39H43O2.C5H7O2.W/c1-21(2)39(40)41-20-38-32(13)30(11)37(31(12)33(38)14)18-17-36-28(9)26(7)35(27(8)29(36)10)16-15-34-24(5)22(3)19-23(4)25(34)6;1-4(2)5(6)7-3;/h1,20H2,2-14H3;1,3H2,2H3;/q2*-1;+2. The normalized spacial score (nSPS) is 9.86.